The smallest absolute Gasteiger partial charge is 0.291 e. The number of halogens is 1. The Morgan fingerprint density at radius 2 is 1.91 bits per heavy atom. The average Bonchev–Trinajstić information content (AvgIpc) is 3.43. The predicted octanol–water partition coefficient (Wildman–Crippen LogP) is 5.61. The first-order valence-electron chi connectivity index (χ1n) is 9.97. The summed E-state index contributed by atoms with van der Waals surface area (Å²) in [6.07, 6.45) is 3.20. The fraction of sp³-hybridized carbons (Fsp3) is 0.167. The predicted molar refractivity (Wildman–Crippen MR) is 121 cm³/mol. The molecule has 0 fully saturated rings. The van der Waals surface area contributed by atoms with Gasteiger partial charge >= 0.3 is 0 Å². The monoisotopic (exact) mass is 451 g/mol. The van der Waals surface area contributed by atoms with Crippen LogP contribution in [-0.4, -0.2) is 15.7 Å². The van der Waals surface area contributed by atoms with E-state index in [4.69, 9.17) is 25.5 Å². The molecule has 2 aromatic carbocycles. The summed E-state index contributed by atoms with van der Waals surface area (Å²) in [7, 11) is 0. The minimum absolute atomic E-state index is 0.178. The average molecular weight is 452 g/mol. The zero-order valence-electron chi connectivity index (χ0n) is 17.7. The minimum Gasteiger partial charge on any atom is -0.486 e. The topological polar surface area (TPSA) is 78.5 Å². The number of amides is 1. The third-order valence-electron chi connectivity index (χ3n) is 4.80. The highest BCUT2D eigenvalue weighted by atomic mass is 35.5. The summed E-state index contributed by atoms with van der Waals surface area (Å²) in [5, 5.41) is 7.52. The highest BCUT2D eigenvalue weighted by molar-refractivity contribution is 6.30. The van der Waals surface area contributed by atoms with Gasteiger partial charge in [-0.25, -0.2) is 4.68 Å². The number of anilines is 1. The van der Waals surface area contributed by atoms with Crippen molar-refractivity contribution in [1.29, 1.82) is 0 Å². The molecule has 0 unspecified atom stereocenters. The number of benzene rings is 2. The minimum atomic E-state index is -0.377. The van der Waals surface area contributed by atoms with E-state index in [1.807, 2.05) is 32.0 Å². The van der Waals surface area contributed by atoms with Crippen LogP contribution in [0.1, 0.15) is 27.4 Å². The molecule has 0 atom stereocenters. The van der Waals surface area contributed by atoms with Crippen LogP contribution in [0.15, 0.2) is 71.4 Å². The molecule has 0 spiro atoms. The van der Waals surface area contributed by atoms with Crippen molar-refractivity contribution in [2.24, 2.45) is 0 Å². The van der Waals surface area contributed by atoms with Crippen molar-refractivity contribution in [2.45, 2.75) is 27.2 Å². The van der Waals surface area contributed by atoms with Crippen LogP contribution < -0.4 is 14.8 Å². The summed E-state index contributed by atoms with van der Waals surface area (Å²) in [4.78, 5) is 12.5. The number of ether oxygens (including phenoxy) is 2. The SMILES string of the molecule is Cc1ccc(OCc2ccc(C(=O)Nc3cnn(COc4cccc(Cl)c4)c3)o2)cc1C. The maximum absolute atomic E-state index is 12.5. The molecule has 0 aliphatic rings. The molecule has 32 heavy (non-hydrogen) atoms. The number of hydrogen-bond acceptors (Lipinski definition) is 5. The number of nitrogens with zero attached hydrogens (tertiary/aromatic N) is 2. The van der Waals surface area contributed by atoms with Crippen LogP contribution in [-0.2, 0) is 13.3 Å². The highest BCUT2D eigenvalue weighted by Gasteiger charge is 2.13. The summed E-state index contributed by atoms with van der Waals surface area (Å²) in [6.45, 7) is 4.49. The van der Waals surface area contributed by atoms with Crippen LogP contribution in [0.25, 0.3) is 0 Å². The molecular formula is C24H22ClN3O4. The molecule has 2 heterocycles. The van der Waals surface area contributed by atoms with E-state index in [0.717, 1.165) is 11.3 Å². The second-order valence-electron chi connectivity index (χ2n) is 7.25. The molecule has 0 bridgehead atoms. The largest absolute Gasteiger partial charge is 0.486 e. The molecular weight excluding hydrogens is 430 g/mol. The molecule has 1 N–H and O–H groups in total. The van der Waals surface area contributed by atoms with Gasteiger partial charge in [0.15, 0.2) is 12.5 Å². The molecule has 0 aliphatic carbocycles. The van der Waals surface area contributed by atoms with Crippen molar-refractivity contribution >= 4 is 23.2 Å². The maximum Gasteiger partial charge on any atom is 0.291 e. The van der Waals surface area contributed by atoms with Crippen molar-refractivity contribution in [3.63, 3.8) is 0 Å². The van der Waals surface area contributed by atoms with Gasteiger partial charge in [-0.1, -0.05) is 23.7 Å². The van der Waals surface area contributed by atoms with Crippen LogP contribution in [0, 0.1) is 13.8 Å². The number of carbonyl (C=O) groups excluding carboxylic acids is 1. The van der Waals surface area contributed by atoms with Crippen LogP contribution >= 0.6 is 11.6 Å². The summed E-state index contributed by atoms with van der Waals surface area (Å²) < 4.78 is 18.6. The van der Waals surface area contributed by atoms with Crippen LogP contribution in [0.3, 0.4) is 0 Å². The lowest BCUT2D eigenvalue weighted by atomic mass is 10.1. The highest BCUT2D eigenvalue weighted by Crippen LogP contribution is 2.20. The Labute approximate surface area is 190 Å². The molecule has 0 aliphatic heterocycles. The zero-order valence-corrected chi connectivity index (χ0v) is 18.4. The van der Waals surface area contributed by atoms with Gasteiger partial charge in [0, 0.05) is 5.02 Å². The fourth-order valence-electron chi connectivity index (χ4n) is 2.92. The summed E-state index contributed by atoms with van der Waals surface area (Å²) in [5.74, 6) is 1.75. The first-order valence-corrected chi connectivity index (χ1v) is 10.3. The first kappa shape index (κ1) is 21.5. The molecule has 7 nitrogen and oxygen atoms in total. The Morgan fingerprint density at radius 3 is 2.72 bits per heavy atom. The quantitative estimate of drug-likeness (QED) is 0.376. The summed E-state index contributed by atoms with van der Waals surface area (Å²) in [5.41, 5.74) is 2.88. The van der Waals surface area contributed by atoms with E-state index < -0.39 is 0 Å². The lowest BCUT2D eigenvalue weighted by molar-refractivity contribution is 0.0992. The third-order valence-corrected chi connectivity index (χ3v) is 5.03. The fourth-order valence-corrected chi connectivity index (χ4v) is 3.10. The lowest BCUT2D eigenvalue weighted by Gasteiger charge is -2.07. The van der Waals surface area contributed by atoms with Gasteiger partial charge in [-0.3, -0.25) is 4.79 Å². The number of rotatable bonds is 8. The van der Waals surface area contributed by atoms with Crippen molar-refractivity contribution in [2.75, 3.05) is 5.32 Å². The lowest BCUT2D eigenvalue weighted by Crippen LogP contribution is -2.10. The Balaban J connectivity index is 1.29. The molecule has 0 radical (unpaired) electrons. The molecule has 2 aromatic heterocycles. The number of carbonyl (C=O) groups is 1. The molecule has 4 rings (SSSR count). The molecule has 0 saturated carbocycles. The van der Waals surface area contributed by atoms with E-state index in [-0.39, 0.29) is 25.0 Å². The second kappa shape index (κ2) is 9.62. The number of aryl methyl sites for hydroxylation is 2. The normalized spacial score (nSPS) is 10.7. The van der Waals surface area contributed by atoms with Gasteiger partial charge in [-0.15, -0.1) is 0 Å². The maximum atomic E-state index is 12.5. The van der Waals surface area contributed by atoms with E-state index >= 15 is 0 Å². The number of hydrogen-bond donors (Lipinski definition) is 1. The van der Waals surface area contributed by atoms with E-state index in [1.165, 1.54) is 11.8 Å². The van der Waals surface area contributed by atoms with E-state index in [0.29, 0.717) is 22.2 Å². The van der Waals surface area contributed by atoms with Gasteiger partial charge in [-0.05, 0) is 67.4 Å². The van der Waals surface area contributed by atoms with E-state index in [2.05, 4.69) is 10.4 Å². The van der Waals surface area contributed by atoms with E-state index in [9.17, 15) is 4.79 Å². The molecule has 164 valence electrons. The standard InChI is InChI=1S/C24H22ClN3O4/c1-16-6-7-21(10-17(16)2)30-14-22-8-9-23(32-22)24(29)27-19-12-26-28(13-19)15-31-20-5-3-4-18(25)11-20/h3-13H,14-15H2,1-2H3,(H,27,29). The van der Waals surface area contributed by atoms with Crippen molar-refractivity contribution < 1.29 is 18.7 Å². The summed E-state index contributed by atoms with van der Waals surface area (Å²) in [6, 6.07) is 16.3. The van der Waals surface area contributed by atoms with E-state index in [1.54, 1.807) is 47.3 Å². The number of nitrogens with one attached hydrogen (secondary N) is 1. The third kappa shape index (κ3) is 5.50. The van der Waals surface area contributed by atoms with Gasteiger partial charge < -0.3 is 19.2 Å². The molecule has 0 saturated heterocycles. The van der Waals surface area contributed by atoms with Crippen LogP contribution in [0.2, 0.25) is 5.02 Å². The van der Waals surface area contributed by atoms with Gasteiger partial charge in [0.25, 0.3) is 5.91 Å². The molecule has 1 amide bonds. The van der Waals surface area contributed by atoms with Gasteiger partial charge in [0.1, 0.15) is 23.9 Å². The Bertz CT molecular complexity index is 1230. The first-order chi connectivity index (χ1) is 15.5. The van der Waals surface area contributed by atoms with Crippen molar-refractivity contribution in [3.05, 3.63) is 94.7 Å². The molecule has 8 heteroatoms. The van der Waals surface area contributed by atoms with Crippen LogP contribution in [0.4, 0.5) is 5.69 Å². The van der Waals surface area contributed by atoms with Gasteiger partial charge in [0.2, 0.25) is 0 Å². The van der Waals surface area contributed by atoms with Gasteiger partial charge in [0.05, 0.1) is 18.1 Å². The number of furan rings is 1. The Morgan fingerprint density at radius 1 is 1.06 bits per heavy atom. The Kier molecular flexibility index (Phi) is 6.47. The number of aromatic nitrogens is 2. The van der Waals surface area contributed by atoms with Crippen molar-refractivity contribution in [3.8, 4) is 11.5 Å². The van der Waals surface area contributed by atoms with Crippen LogP contribution in [0.5, 0.6) is 11.5 Å². The van der Waals surface area contributed by atoms with Gasteiger partial charge in [-0.2, -0.15) is 5.10 Å². The molecule has 4 aromatic rings. The Hall–Kier alpha value is -3.71. The summed E-state index contributed by atoms with van der Waals surface area (Å²) >= 11 is 5.94. The second-order valence-corrected chi connectivity index (χ2v) is 7.69. The van der Waals surface area contributed by atoms with Crippen molar-refractivity contribution in [1.82, 2.24) is 9.78 Å². The zero-order chi connectivity index (χ0) is 22.5.